The minimum atomic E-state index is -0.532. The van der Waals surface area contributed by atoms with Crippen LogP contribution in [0.4, 0.5) is 0 Å². The first-order valence-electron chi connectivity index (χ1n) is 15.5. The fraction of sp³-hybridized carbons (Fsp3) is 0.0714. The fourth-order valence-electron chi connectivity index (χ4n) is 7.24. The molecule has 0 atom stereocenters. The highest BCUT2D eigenvalue weighted by Gasteiger charge is 2.50. The van der Waals surface area contributed by atoms with Crippen molar-refractivity contribution in [1.29, 1.82) is 0 Å². The lowest BCUT2D eigenvalue weighted by atomic mass is 9.66. The first-order valence-corrected chi connectivity index (χ1v) is 15.5. The third-order valence-electron chi connectivity index (χ3n) is 9.38. The average molecular weight is 596 g/mol. The van der Waals surface area contributed by atoms with Gasteiger partial charge in [0.15, 0.2) is 0 Å². The second-order valence-corrected chi connectivity index (χ2v) is 12.1. The number of benzene rings is 5. The third-order valence-corrected chi connectivity index (χ3v) is 9.38. The van der Waals surface area contributed by atoms with E-state index in [1.54, 1.807) is 0 Å². The molecule has 5 aromatic carbocycles. The van der Waals surface area contributed by atoms with Gasteiger partial charge in [0.1, 0.15) is 11.5 Å². The molecule has 1 aromatic heterocycles. The molecule has 4 heteroatoms. The quantitative estimate of drug-likeness (QED) is 0.199. The molecule has 4 N–H and O–H groups in total. The van der Waals surface area contributed by atoms with Gasteiger partial charge in [-0.25, -0.2) is 0 Å². The molecule has 0 radical (unpaired) electrons. The summed E-state index contributed by atoms with van der Waals surface area (Å²) in [7, 11) is 0. The number of rotatable bonds is 4. The Kier molecular flexibility index (Phi) is 6.40. The highest BCUT2D eigenvalue weighted by atomic mass is 16.5. The smallest absolute Gasteiger partial charge is 0.132 e. The van der Waals surface area contributed by atoms with Crippen LogP contribution < -0.4 is 16.2 Å². The molecule has 2 heterocycles. The highest BCUT2D eigenvalue weighted by molar-refractivity contribution is 5.89. The van der Waals surface area contributed by atoms with Gasteiger partial charge < -0.3 is 16.2 Å². The molecule has 6 aromatic rings. The number of aromatic nitrogens is 1. The molecular weight excluding hydrogens is 562 g/mol. The van der Waals surface area contributed by atoms with Crippen molar-refractivity contribution >= 4 is 11.4 Å². The standard InChI is InChI=1S/C42H33N3O/c1-26-15-21-31(27(2)45-26)28-16-18-29(19-17-28)38(43)22-23-39(44)30-20-24-41-37(25-30)42(36-13-7-8-14-40(36)46-41)34-11-5-3-9-32(34)33-10-4-6-12-35(33)42/h3-25H,43-44H2,1-2H3/b38-22-,39-23-. The minimum Gasteiger partial charge on any atom is -0.457 e. The minimum absolute atomic E-state index is 0.532. The van der Waals surface area contributed by atoms with Crippen LogP contribution >= 0.6 is 0 Å². The molecule has 222 valence electrons. The zero-order chi connectivity index (χ0) is 31.4. The Bertz CT molecular complexity index is 2180. The fourth-order valence-corrected chi connectivity index (χ4v) is 7.24. The van der Waals surface area contributed by atoms with Crippen LogP contribution in [0.25, 0.3) is 33.6 Å². The molecule has 0 bridgehead atoms. The van der Waals surface area contributed by atoms with E-state index in [4.69, 9.17) is 16.2 Å². The van der Waals surface area contributed by atoms with E-state index < -0.39 is 5.41 Å². The van der Waals surface area contributed by atoms with E-state index in [1.165, 1.54) is 22.3 Å². The normalized spacial score (nSPS) is 14.2. The highest BCUT2D eigenvalue weighted by Crippen LogP contribution is 2.62. The van der Waals surface area contributed by atoms with Crippen LogP contribution in [0.5, 0.6) is 11.5 Å². The lowest BCUT2D eigenvalue weighted by Gasteiger charge is -2.39. The molecule has 1 aliphatic heterocycles. The summed E-state index contributed by atoms with van der Waals surface area (Å²) in [4.78, 5) is 4.60. The van der Waals surface area contributed by atoms with Crippen LogP contribution in [0, 0.1) is 13.8 Å². The molecule has 0 saturated carbocycles. The van der Waals surface area contributed by atoms with Crippen molar-refractivity contribution in [3.8, 4) is 33.8 Å². The van der Waals surface area contributed by atoms with Gasteiger partial charge in [-0.1, -0.05) is 97.1 Å². The second-order valence-electron chi connectivity index (χ2n) is 12.1. The SMILES string of the molecule is Cc1ccc(-c2ccc(/C(N)=C/C=C(\N)c3ccc4c(c3)C3(c5ccccc5O4)c4ccccc4-c4ccccc43)cc2)c(C)n1. The Morgan fingerprint density at radius 2 is 1.13 bits per heavy atom. The zero-order valence-corrected chi connectivity index (χ0v) is 25.8. The lowest BCUT2D eigenvalue weighted by molar-refractivity contribution is 0.436. The molecule has 0 saturated heterocycles. The number of pyridine rings is 1. The molecule has 0 unspecified atom stereocenters. The van der Waals surface area contributed by atoms with Crippen LogP contribution in [0.1, 0.15) is 44.8 Å². The van der Waals surface area contributed by atoms with E-state index in [1.807, 2.05) is 62.4 Å². The van der Waals surface area contributed by atoms with E-state index in [2.05, 4.69) is 96.0 Å². The van der Waals surface area contributed by atoms with Gasteiger partial charge >= 0.3 is 0 Å². The Labute approximate surface area is 269 Å². The van der Waals surface area contributed by atoms with Crippen molar-refractivity contribution in [3.05, 3.63) is 184 Å². The number of nitrogens with two attached hydrogens (primary N) is 2. The first-order chi connectivity index (χ1) is 22.4. The predicted molar refractivity (Wildman–Crippen MR) is 187 cm³/mol. The number of para-hydroxylation sites is 1. The van der Waals surface area contributed by atoms with Gasteiger partial charge in [-0.3, -0.25) is 4.98 Å². The monoisotopic (exact) mass is 595 g/mol. The van der Waals surface area contributed by atoms with Crippen LogP contribution in [0.3, 0.4) is 0 Å². The van der Waals surface area contributed by atoms with Crippen molar-refractivity contribution < 1.29 is 4.74 Å². The van der Waals surface area contributed by atoms with Crippen molar-refractivity contribution in [2.75, 3.05) is 0 Å². The molecule has 0 amide bonds. The van der Waals surface area contributed by atoms with Gasteiger partial charge in [0, 0.05) is 39.5 Å². The van der Waals surface area contributed by atoms with E-state index in [0.29, 0.717) is 11.4 Å². The zero-order valence-electron chi connectivity index (χ0n) is 25.8. The maximum atomic E-state index is 6.77. The number of hydrogen-bond donors (Lipinski definition) is 2. The largest absolute Gasteiger partial charge is 0.457 e. The molecule has 4 nitrogen and oxygen atoms in total. The van der Waals surface area contributed by atoms with Crippen LogP contribution in [-0.2, 0) is 5.41 Å². The molecular formula is C42H33N3O. The van der Waals surface area contributed by atoms with Crippen LogP contribution in [-0.4, -0.2) is 4.98 Å². The van der Waals surface area contributed by atoms with Crippen LogP contribution in [0.2, 0.25) is 0 Å². The summed E-state index contributed by atoms with van der Waals surface area (Å²) < 4.78 is 6.54. The Hall–Kier alpha value is -5.87. The summed E-state index contributed by atoms with van der Waals surface area (Å²) in [6.07, 6.45) is 3.77. The summed E-state index contributed by atoms with van der Waals surface area (Å²) in [5.74, 6) is 1.70. The first kappa shape index (κ1) is 27.7. The molecule has 1 spiro atoms. The van der Waals surface area contributed by atoms with E-state index in [0.717, 1.165) is 56.3 Å². The third kappa shape index (κ3) is 4.18. The van der Waals surface area contributed by atoms with Crippen LogP contribution in [0.15, 0.2) is 140 Å². The number of nitrogens with zero attached hydrogens (tertiary/aromatic N) is 1. The summed E-state index contributed by atoms with van der Waals surface area (Å²) in [6, 6.07) is 44.4. The molecule has 46 heavy (non-hydrogen) atoms. The summed E-state index contributed by atoms with van der Waals surface area (Å²) in [5.41, 5.74) is 27.3. The Morgan fingerprint density at radius 3 is 1.80 bits per heavy atom. The van der Waals surface area contributed by atoms with Gasteiger partial charge in [0.05, 0.1) is 5.41 Å². The summed E-state index contributed by atoms with van der Waals surface area (Å²) >= 11 is 0. The number of aryl methyl sites for hydroxylation is 2. The van der Waals surface area contributed by atoms with Crippen molar-refractivity contribution in [2.24, 2.45) is 11.5 Å². The maximum Gasteiger partial charge on any atom is 0.132 e. The average Bonchev–Trinajstić information content (AvgIpc) is 3.38. The molecule has 1 aliphatic carbocycles. The van der Waals surface area contributed by atoms with Gasteiger partial charge in [-0.15, -0.1) is 0 Å². The molecule has 2 aliphatic rings. The van der Waals surface area contributed by atoms with Gasteiger partial charge in [-0.05, 0) is 95.3 Å². The number of hydrogen-bond acceptors (Lipinski definition) is 4. The van der Waals surface area contributed by atoms with Gasteiger partial charge in [0.2, 0.25) is 0 Å². The van der Waals surface area contributed by atoms with Crippen molar-refractivity contribution in [1.82, 2.24) is 4.98 Å². The van der Waals surface area contributed by atoms with Gasteiger partial charge in [0.25, 0.3) is 0 Å². The second kappa shape index (κ2) is 10.6. The van der Waals surface area contributed by atoms with Crippen molar-refractivity contribution in [2.45, 2.75) is 19.3 Å². The topological polar surface area (TPSA) is 74.2 Å². The van der Waals surface area contributed by atoms with E-state index in [-0.39, 0.29) is 0 Å². The molecule has 8 rings (SSSR count). The van der Waals surface area contributed by atoms with E-state index in [9.17, 15) is 0 Å². The number of fused-ring (bicyclic) bond motifs is 9. The number of allylic oxidation sites excluding steroid dienone is 2. The Morgan fingerprint density at radius 1 is 0.565 bits per heavy atom. The lowest BCUT2D eigenvalue weighted by Crippen LogP contribution is -2.32. The van der Waals surface area contributed by atoms with E-state index >= 15 is 0 Å². The Balaban J connectivity index is 1.19. The predicted octanol–water partition coefficient (Wildman–Crippen LogP) is 9.13. The van der Waals surface area contributed by atoms with Gasteiger partial charge in [-0.2, -0.15) is 0 Å². The van der Waals surface area contributed by atoms with Crippen molar-refractivity contribution in [3.63, 3.8) is 0 Å². The summed E-state index contributed by atoms with van der Waals surface area (Å²) in [6.45, 7) is 4.04. The maximum absolute atomic E-state index is 6.77. The summed E-state index contributed by atoms with van der Waals surface area (Å²) in [5, 5.41) is 0. The molecule has 0 fully saturated rings. The number of ether oxygens (including phenoxy) is 1.